The molecule has 0 aliphatic carbocycles. The second-order valence-corrected chi connectivity index (χ2v) is 6.29. The van der Waals surface area contributed by atoms with Gasteiger partial charge in [0.05, 0.1) is 4.90 Å². The number of carboxylic acids is 1. The van der Waals surface area contributed by atoms with Crippen LogP contribution in [-0.4, -0.2) is 25.5 Å². The van der Waals surface area contributed by atoms with Crippen molar-refractivity contribution in [1.29, 1.82) is 0 Å². The van der Waals surface area contributed by atoms with E-state index in [0.29, 0.717) is 0 Å². The van der Waals surface area contributed by atoms with Gasteiger partial charge in [-0.1, -0.05) is 42.5 Å². The van der Waals surface area contributed by atoms with Crippen molar-refractivity contribution >= 4 is 16.0 Å². The zero-order valence-corrected chi connectivity index (χ0v) is 12.2. The SMILES string of the molecule is C[C@@H](NS(=O)(=O)c1ccc(-c2ccccc2)cc1)C(=O)O. The maximum atomic E-state index is 12.0. The molecule has 21 heavy (non-hydrogen) atoms. The van der Waals surface area contributed by atoms with Crippen LogP contribution in [0.15, 0.2) is 59.5 Å². The summed E-state index contributed by atoms with van der Waals surface area (Å²) in [4.78, 5) is 10.8. The maximum absolute atomic E-state index is 12.0. The van der Waals surface area contributed by atoms with Crippen molar-refractivity contribution < 1.29 is 18.3 Å². The van der Waals surface area contributed by atoms with E-state index in [1.54, 1.807) is 12.1 Å². The standard InChI is InChI=1S/C15H15NO4S/c1-11(15(17)18)16-21(19,20)14-9-7-13(8-10-14)12-5-3-2-4-6-12/h2-11,16H,1H3,(H,17,18)/t11-/m1/s1. The van der Waals surface area contributed by atoms with Gasteiger partial charge in [0, 0.05) is 0 Å². The van der Waals surface area contributed by atoms with E-state index in [-0.39, 0.29) is 4.90 Å². The van der Waals surface area contributed by atoms with Gasteiger partial charge in [-0.15, -0.1) is 0 Å². The van der Waals surface area contributed by atoms with Crippen molar-refractivity contribution in [3.05, 3.63) is 54.6 Å². The van der Waals surface area contributed by atoms with Gasteiger partial charge < -0.3 is 5.11 Å². The molecule has 6 heteroatoms. The van der Waals surface area contributed by atoms with Crippen LogP contribution >= 0.6 is 0 Å². The summed E-state index contributed by atoms with van der Waals surface area (Å²) in [7, 11) is -3.83. The number of carboxylic acid groups (broad SMARTS) is 1. The number of hydrogen-bond acceptors (Lipinski definition) is 3. The van der Waals surface area contributed by atoms with Gasteiger partial charge in [0.15, 0.2) is 0 Å². The van der Waals surface area contributed by atoms with Gasteiger partial charge in [-0.25, -0.2) is 8.42 Å². The Labute approximate surface area is 123 Å². The van der Waals surface area contributed by atoms with Crippen LogP contribution in [0.3, 0.4) is 0 Å². The number of hydrogen-bond donors (Lipinski definition) is 2. The Morgan fingerprint density at radius 3 is 2.05 bits per heavy atom. The minimum Gasteiger partial charge on any atom is -0.480 e. The molecular weight excluding hydrogens is 290 g/mol. The van der Waals surface area contributed by atoms with Gasteiger partial charge >= 0.3 is 5.97 Å². The molecule has 2 aromatic rings. The molecule has 5 nitrogen and oxygen atoms in total. The van der Waals surface area contributed by atoms with Gasteiger partial charge in [0.1, 0.15) is 6.04 Å². The summed E-state index contributed by atoms with van der Waals surface area (Å²) in [5.74, 6) is -1.22. The fourth-order valence-electron chi connectivity index (χ4n) is 1.81. The quantitative estimate of drug-likeness (QED) is 0.886. The van der Waals surface area contributed by atoms with E-state index >= 15 is 0 Å². The number of rotatable bonds is 5. The molecule has 1 atom stereocenters. The molecule has 0 radical (unpaired) electrons. The van der Waals surface area contributed by atoms with Crippen molar-refractivity contribution in [2.75, 3.05) is 0 Å². The van der Waals surface area contributed by atoms with E-state index < -0.39 is 22.0 Å². The molecule has 0 heterocycles. The zero-order valence-electron chi connectivity index (χ0n) is 11.4. The molecule has 0 aliphatic heterocycles. The summed E-state index contributed by atoms with van der Waals surface area (Å²) < 4.78 is 26.1. The normalized spacial score (nSPS) is 12.8. The lowest BCUT2D eigenvalue weighted by Gasteiger charge is -2.10. The van der Waals surface area contributed by atoms with E-state index in [2.05, 4.69) is 4.72 Å². The van der Waals surface area contributed by atoms with Crippen molar-refractivity contribution in [3.63, 3.8) is 0 Å². The summed E-state index contributed by atoms with van der Waals surface area (Å²) in [6.45, 7) is 1.28. The Morgan fingerprint density at radius 2 is 1.52 bits per heavy atom. The summed E-state index contributed by atoms with van der Waals surface area (Å²) in [5.41, 5.74) is 1.87. The molecule has 110 valence electrons. The highest BCUT2D eigenvalue weighted by atomic mass is 32.2. The van der Waals surface area contributed by atoms with E-state index in [0.717, 1.165) is 11.1 Å². The van der Waals surface area contributed by atoms with E-state index in [9.17, 15) is 13.2 Å². The molecule has 0 aromatic heterocycles. The monoisotopic (exact) mass is 305 g/mol. The van der Waals surface area contributed by atoms with Crippen LogP contribution in [0.4, 0.5) is 0 Å². The first kappa shape index (κ1) is 15.2. The molecule has 0 saturated carbocycles. The first-order valence-electron chi connectivity index (χ1n) is 6.31. The second-order valence-electron chi connectivity index (χ2n) is 4.57. The Morgan fingerprint density at radius 1 is 1.00 bits per heavy atom. The average Bonchev–Trinajstić information content (AvgIpc) is 2.48. The lowest BCUT2D eigenvalue weighted by atomic mass is 10.1. The first-order valence-corrected chi connectivity index (χ1v) is 7.79. The highest BCUT2D eigenvalue weighted by Crippen LogP contribution is 2.21. The summed E-state index contributed by atoms with van der Waals surface area (Å²) in [6.07, 6.45) is 0. The van der Waals surface area contributed by atoms with Crippen molar-refractivity contribution in [2.45, 2.75) is 17.9 Å². The predicted octanol–water partition coefficient (Wildman–Crippen LogP) is 2.10. The first-order chi connectivity index (χ1) is 9.90. The summed E-state index contributed by atoms with van der Waals surface area (Å²) in [5, 5.41) is 8.76. The molecule has 0 spiro atoms. The molecule has 0 unspecified atom stereocenters. The van der Waals surface area contributed by atoms with Crippen LogP contribution in [-0.2, 0) is 14.8 Å². The van der Waals surface area contributed by atoms with Crippen LogP contribution in [0.5, 0.6) is 0 Å². The van der Waals surface area contributed by atoms with Crippen LogP contribution < -0.4 is 4.72 Å². The molecule has 2 N–H and O–H groups in total. The highest BCUT2D eigenvalue weighted by Gasteiger charge is 2.21. The Hall–Kier alpha value is -2.18. The fraction of sp³-hybridized carbons (Fsp3) is 0.133. The summed E-state index contributed by atoms with van der Waals surface area (Å²) in [6, 6.07) is 14.7. The topological polar surface area (TPSA) is 83.5 Å². The minimum absolute atomic E-state index is 0.0373. The van der Waals surface area contributed by atoms with E-state index in [1.807, 2.05) is 30.3 Å². The van der Waals surface area contributed by atoms with Gasteiger partial charge in [0.25, 0.3) is 0 Å². The Bertz CT molecular complexity index is 724. The van der Waals surface area contributed by atoms with Crippen molar-refractivity contribution in [2.24, 2.45) is 0 Å². The lowest BCUT2D eigenvalue weighted by Crippen LogP contribution is -2.38. The van der Waals surface area contributed by atoms with Crippen molar-refractivity contribution in [3.8, 4) is 11.1 Å². The van der Waals surface area contributed by atoms with E-state index in [4.69, 9.17) is 5.11 Å². The van der Waals surface area contributed by atoms with Crippen molar-refractivity contribution in [1.82, 2.24) is 4.72 Å². The molecule has 0 amide bonds. The van der Waals surface area contributed by atoms with Crippen LogP contribution in [0.2, 0.25) is 0 Å². The summed E-state index contributed by atoms with van der Waals surface area (Å²) >= 11 is 0. The predicted molar refractivity (Wildman–Crippen MR) is 79.3 cm³/mol. The van der Waals surface area contributed by atoms with Crippen LogP contribution in [0.25, 0.3) is 11.1 Å². The van der Waals surface area contributed by atoms with Crippen LogP contribution in [0, 0.1) is 0 Å². The van der Waals surface area contributed by atoms with Gasteiger partial charge in [0.2, 0.25) is 10.0 Å². The number of nitrogens with one attached hydrogen (secondary N) is 1. The van der Waals surface area contributed by atoms with Gasteiger partial charge in [-0.3, -0.25) is 4.79 Å². The molecular formula is C15H15NO4S. The smallest absolute Gasteiger partial charge is 0.321 e. The number of benzene rings is 2. The Kier molecular flexibility index (Phi) is 4.40. The van der Waals surface area contributed by atoms with Gasteiger partial charge in [-0.05, 0) is 30.2 Å². The van der Waals surface area contributed by atoms with Crippen LogP contribution in [0.1, 0.15) is 6.92 Å². The van der Waals surface area contributed by atoms with Gasteiger partial charge in [-0.2, -0.15) is 4.72 Å². The lowest BCUT2D eigenvalue weighted by molar-refractivity contribution is -0.138. The molecule has 0 bridgehead atoms. The van der Waals surface area contributed by atoms with E-state index in [1.165, 1.54) is 19.1 Å². The zero-order chi connectivity index (χ0) is 15.5. The molecule has 2 rings (SSSR count). The molecule has 2 aromatic carbocycles. The number of aliphatic carboxylic acids is 1. The highest BCUT2D eigenvalue weighted by molar-refractivity contribution is 7.89. The third-order valence-electron chi connectivity index (χ3n) is 2.97. The largest absolute Gasteiger partial charge is 0.480 e. The third kappa shape index (κ3) is 3.68. The molecule has 0 fully saturated rings. The fourth-order valence-corrected chi connectivity index (χ4v) is 3.01. The third-order valence-corrected chi connectivity index (χ3v) is 4.53. The molecule has 0 aliphatic rings. The average molecular weight is 305 g/mol. The second kappa shape index (κ2) is 6.07. The molecule has 0 saturated heterocycles. The minimum atomic E-state index is -3.83. The maximum Gasteiger partial charge on any atom is 0.321 e. The number of carbonyl (C=O) groups is 1. The Balaban J connectivity index is 2.25. The number of sulfonamides is 1.